The minimum Gasteiger partial charge on any atom is -0.507 e. The average Bonchev–Trinajstić information content (AvgIpc) is 2.73. The zero-order valence-corrected chi connectivity index (χ0v) is 15.7. The van der Waals surface area contributed by atoms with Crippen molar-refractivity contribution >= 4 is 11.6 Å². The summed E-state index contributed by atoms with van der Waals surface area (Å²) in [5.74, 6) is 0.135. The largest absolute Gasteiger partial charge is 0.507 e. The molecule has 3 rings (SSSR count). The Morgan fingerprint density at radius 1 is 0.893 bits per heavy atom. The van der Waals surface area contributed by atoms with Gasteiger partial charge in [-0.15, -0.1) is 0 Å². The summed E-state index contributed by atoms with van der Waals surface area (Å²) in [6.45, 7) is 0. The monoisotopic (exact) mass is 374 g/mol. The molecule has 0 spiro atoms. The molecule has 4 nitrogen and oxygen atoms in total. The van der Waals surface area contributed by atoms with E-state index in [1.807, 2.05) is 30.3 Å². The lowest BCUT2D eigenvalue weighted by atomic mass is 9.92. The van der Waals surface area contributed by atoms with Crippen LogP contribution in [0.2, 0.25) is 0 Å². The molecule has 0 aliphatic rings. The van der Waals surface area contributed by atoms with E-state index in [1.165, 1.54) is 7.11 Å². The molecule has 0 atom stereocenters. The smallest absolute Gasteiger partial charge is 0.170 e. The maximum absolute atomic E-state index is 12.9. The van der Waals surface area contributed by atoms with Gasteiger partial charge in [0, 0.05) is 23.1 Å². The molecule has 0 aromatic heterocycles. The molecule has 0 amide bonds. The molecule has 1 N–H and O–H groups in total. The molecule has 0 bridgehead atoms. The second kappa shape index (κ2) is 9.00. The van der Waals surface area contributed by atoms with Crippen molar-refractivity contribution in [2.24, 2.45) is 0 Å². The molecule has 28 heavy (non-hydrogen) atoms. The molecule has 0 saturated carbocycles. The van der Waals surface area contributed by atoms with Crippen molar-refractivity contribution < 1.29 is 19.4 Å². The Labute approximate surface area is 164 Å². The Kier molecular flexibility index (Phi) is 6.22. The fraction of sp³-hybridized carbons (Fsp3) is 0.167. The third-order valence-corrected chi connectivity index (χ3v) is 4.61. The van der Waals surface area contributed by atoms with Crippen molar-refractivity contribution in [2.45, 2.75) is 19.3 Å². The van der Waals surface area contributed by atoms with Gasteiger partial charge in [-0.2, -0.15) is 0 Å². The van der Waals surface area contributed by atoms with Gasteiger partial charge in [-0.3, -0.25) is 9.59 Å². The van der Waals surface area contributed by atoms with Gasteiger partial charge in [-0.05, 0) is 24.1 Å². The Hall–Kier alpha value is -3.40. The van der Waals surface area contributed by atoms with Gasteiger partial charge in [0.2, 0.25) is 0 Å². The van der Waals surface area contributed by atoms with Crippen LogP contribution in [-0.4, -0.2) is 23.8 Å². The van der Waals surface area contributed by atoms with E-state index in [0.717, 1.165) is 5.56 Å². The Morgan fingerprint density at radius 3 is 2.32 bits per heavy atom. The first kappa shape index (κ1) is 19.4. The van der Waals surface area contributed by atoms with Crippen molar-refractivity contribution in [3.8, 4) is 22.6 Å². The maximum Gasteiger partial charge on any atom is 0.170 e. The summed E-state index contributed by atoms with van der Waals surface area (Å²) >= 11 is 0. The Balaban J connectivity index is 1.82. The van der Waals surface area contributed by atoms with Crippen LogP contribution >= 0.6 is 0 Å². The molecule has 0 heterocycles. The van der Waals surface area contributed by atoms with Gasteiger partial charge in [0.1, 0.15) is 17.3 Å². The molecule has 3 aromatic rings. The molecule has 0 unspecified atom stereocenters. The lowest BCUT2D eigenvalue weighted by Crippen LogP contribution is -2.10. The third-order valence-electron chi connectivity index (χ3n) is 4.61. The number of carbonyl (C=O) groups excluding carboxylic acids is 2. The zero-order chi connectivity index (χ0) is 19.9. The van der Waals surface area contributed by atoms with Gasteiger partial charge in [0.15, 0.2) is 5.78 Å². The number of para-hydroxylation sites is 1. The summed E-state index contributed by atoms with van der Waals surface area (Å²) in [4.78, 5) is 25.2. The lowest BCUT2D eigenvalue weighted by Gasteiger charge is -2.14. The Morgan fingerprint density at radius 2 is 1.61 bits per heavy atom. The molecule has 4 heteroatoms. The minimum atomic E-state index is -0.282. The maximum atomic E-state index is 12.9. The predicted octanol–water partition coefficient (Wildman–Crippen LogP) is 4.84. The van der Waals surface area contributed by atoms with E-state index in [9.17, 15) is 14.7 Å². The van der Waals surface area contributed by atoms with Crippen LogP contribution in [0.4, 0.5) is 0 Å². The van der Waals surface area contributed by atoms with E-state index in [0.29, 0.717) is 35.3 Å². The molecule has 0 radical (unpaired) electrons. The number of hydrogen-bond donors (Lipinski definition) is 1. The van der Waals surface area contributed by atoms with Crippen LogP contribution in [0.5, 0.6) is 11.5 Å². The molecule has 0 aliphatic carbocycles. The number of Topliss-reactive ketones (excluding diaryl/α,β-unsaturated/α-hetero) is 2. The fourth-order valence-electron chi connectivity index (χ4n) is 3.19. The molecule has 0 fully saturated rings. The van der Waals surface area contributed by atoms with Gasteiger partial charge >= 0.3 is 0 Å². The highest BCUT2D eigenvalue weighted by Crippen LogP contribution is 2.38. The number of aryl methyl sites for hydroxylation is 1. The molecular formula is C24H22O4. The highest BCUT2D eigenvalue weighted by Gasteiger charge is 2.21. The van der Waals surface area contributed by atoms with E-state index in [2.05, 4.69) is 0 Å². The first-order valence-electron chi connectivity index (χ1n) is 9.14. The number of ketones is 2. The number of benzene rings is 3. The van der Waals surface area contributed by atoms with Crippen molar-refractivity contribution in [1.29, 1.82) is 0 Å². The zero-order valence-electron chi connectivity index (χ0n) is 15.7. The molecular weight excluding hydrogens is 352 g/mol. The number of phenolic OH excluding ortho intramolecular Hbond substituents is 1. The van der Waals surface area contributed by atoms with Crippen molar-refractivity contribution in [3.05, 3.63) is 83.9 Å². The standard InChI is InChI=1S/C24H22O4/c1-28-23-13-7-11-20(24(23)19-10-5-6-12-21(19)26)22(27)16-18(25)15-14-17-8-3-2-4-9-17/h2-13,26H,14-16H2,1H3. The SMILES string of the molecule is COc1cccc(C(=O)CC(=O)CCc2ccccc2)c1-c1ccccc1O. The van der Waals surface area contributed by atoms with Gasteiger partial charge in [0.05, 0.1) is 13.5 Å². The highest BCUT2D eigenvalue weighted by molar-refractivity contribution is 6.12. The van der Waals surface area contributed by atoms with E-state index >= 15 is 0 Å². The summed E-state index contributed by atoms with van der Waals surface area (Å²) in [6.07, 6.45) is 0.740. The van der Waals surface area contributed by atoms with E-state index in [-0.39, 0.29) is 23.7 Å². The fourth-order valence-corrected chi connectivity index (χ4v) is 3.19. The molecule has 3 aromatic carbocycles. The van der Waals surface area contributed by atoms with Crippen LogP contribution in [0.25, 0.3) is 11.1 Å². The second-order valence-corrected chi connectivity index (χ2v) is 6.52. The van der Waals surface area contributed by atoms with Crippen LogP contribution in [-0.2, 0) is 11.2 Å². The number of rotatable bonds is 8. The van der Waals surface area contributed by atoms with Gasteiger partial charge in [-0.1, -0.05) is 60.7 Å². The van der Waals surface area contributed by atoms with E-state index < -0.39 is 0 Å². The first-order valence-corrected chi connectivity index (χ1v) is 9.14. The summed E-state index contributed by atoms with van der Waals surface area (Å²) in [6, 6.07) is 21.6. The predicted molar refractivity (Wildman–Crippen MR) is 109 cm³/mol. The van der Waals surface area contributed by atoms with Crippen LogP contribution in [0, 0.1) is 0 Å². The quantitative estimate of drug-likeness (QED) is 0.452. The molecule has 0 aliphatic heterocycles. The molecule has 142 valence electrons. The highest BCUT2D eigenvalue weighted by atomic mass is 16.5. The van der Waals surface area contributed by atoms with Crippen molar-refractivity contribution in [2.75, 3.05) is 7.11 Å². The summed E-state index contributed by atoms with van der Waals surface area (Å²) in [7, 11) is 1.51. The van der Waals surface area contributed by atoms with Crippen LogP contribution in [0.3, 0.4) is 0 Å². The lowest BCUT2D eigenvalue weighted by molar-refractivity contribution is -0.118. The first-order chi connectivity index (χ1) is 13.6. The van der Waals surface area contributed by atoms with Crippen LogP contribution in [0.1, 0.15) is 28.8 Å². The van der Waals surface area contributed by atoms with Crippen LogP contribution in [0.15, 0.2) is 72.8 Å². The summed E-state index contributed by atoms with van der Waals surface area (Å²) < 4.78 is 5.41. The van der Waals surface area contributed by atoms with E-state index in [4.69, 9.17) is 4.74 Å². The minimum absolute atomic E-state index is 0.0523. The number of ether oxygens (including phenoxy) is 1. The number of methoxy groups -OCH3 is 1. The Bertz CT molecular complexity index is 977. The average molecular weight is 374 g/mol. The van der Waals surface area contributed by atoms with Gasteiger partial charge < -0.3 is 9.84 Å². The number of hydrogen-bond acceptors (Lipinski definition) is 4. The number of phenols is 1. The third kappa shape index (κ3) is 4.46. The van der Waals surface area contributed by atoms with E-state index in [1.54, 1.807) is 42.5 Å². The normalized spacial score (nSPS) is 10.5. The second-order valence-electron chi connectivity index (χ2n) is 6.52. The topological polar surface area (TPSA) is 63.6 Å². The number of carbonyl (C=O) groups is 2. The van der Waals surface area contributed by atoms with Gasteiger partial charge in [0.25, 0.3) is 0 Å². The summed E-state index contributed by atoms with van der Waals surface area (Å²) in [5.41, 5.74) is 2.44. The molecule has 0 saturated heterocycles. The number of aromatic hydroxyl groups is 1. The van der Waals surface area contributed by atoms with Crippen molar-refractivity contribution in [1.82, 2.24) is 0 Å². The van der Waals surface area contributed by atoms with Crippen LogP contribution < -0.4 is 4.74 Å². The van der Waals surface area contributed by atoms with Crippen molar-refractivity contribution in [3.63, 3.8) is 0 Å². The van der Waals surface area contributed by atoms with Gasteiger partial charge in [-0.25, -0.2) is 0 Å². The summed E-state index contributed by atoms with van der Waals surface area (Å²) in [5, 5.41) is 10.2.